The Morgan fingerprint density at radius 2 is 2.04 bits per heavy atom. The van der Waals surface area contributed by atoms with Crippen LogP contribution in [0, 0.1) is 13.8 Å². The molecule has 130 valence electrons. The van der Waals surface area contributed by atoms with Gasteiger partial charge in [0, 0.05) is 25.0 Å². The molecule has 1 amide bonds. The normalized spacial score (nSPS) is 11.4. The van der Waals surface area contributed by atoms with Gasteiger partial charge in [-0.2, -0.15) is 0 Å². The third-order valence-electron chi connectivity index (χ3n) is 3.38. The van der Waals surface area contributed by atoms with E-state index in [0.717, 1.165) is 34.5 Å². The van der Waals surface area contributed by atoms with Gasteiger partial charge in [-0.15, -0.1) is 22.7 Å². The average molecular weight is 366 g/mol. The van der Waals surface area contributed by atoms with E-state index in [4.69, 9.17) is 0 Å². The zero-order valence-electron chi connectivity index (χ0n) is 14.2. The van der Waals surface area contributed by atoms with Gasteiger partial charge in [0.15, 0.2) is 5.96 Å². The molecule has 0 saturated heterocycles. The van der Waals surface area contributed by atoms with Gasteiger partial charge in [0.05, 0.1) is 17.1 Å². The Kier molecular flexibility index (Phi) is 7.20. The fourth-order valence-electron chi connectivity index (χ4n) is 1.99. The van der Waals surface area contributed by atoms with E-state index < -0.39 is 0 Å². The van der Waals surface area contributed by atoms with Crippen LogP contribution < -0.4 is 16.0 Å². The summed E-state index contributed by atoms with van der Waals surface area (Å²) in [5, 5.41) is 12.3. The first-order valence-electron chi connectivity index (χ1n) is 7.79. The second kappa shape index (κ2) is 9.39. The third-order valence-corrected chi connectivity index (χ3v) is 5.32. The Morgan fingerprint density at radius 3 is 2.67 bits per heavy atom. The molecule has 0 bridgehead atoms. The van der Waals surface area contributed by atoms with Gasteiger partial charge in [0.1, 0.15) is 5.01 Å². The maximum absolute atomic E-state index is 11.8. The van der Waals surface area contributed by atoms with E-state index in [0.29, 0.717) is 13.1 Å². The first-order valence-corrected chi connectivity index (χ1v) is 9.49. The van der Waals surface area contributed by atoms with Gasteiger partial charge >= 0.3 is 0 Å². The average Bonchev–Trinajstić information content (AvgIpc) is 3.20. The lowest BCUT2D eigenvalue weighted by Gasteiger charge is -2.11. The van der Waals surface area contributed by atoms with E-state index in [1.807, 2.05) is 24.4 Å². The van der Waals surface area contributed by atoms with Gasteiger partial charge in [-0.3, -0.25) is 9.79 Å². The van der Waals surface area contributed by atoms with Crippen LogP contribution in [-0.4, -0.2) is 37.0 Å². The molecule has 0 saturated carbocycles. The topological polar surface area (TPSA) is 78.4 Å². The van der Waals surface area contributed by atoms with E-state index in [1.54, 1.807) is 18.4 Å². The molecule has 0 aliphatic carbocycles. The number of guanidine groups is 1. The SMILES string of the molecule is CN=C(NCCCNC(=O)c1cccs1)NCc1nc(C)c(C)s1. The van der Waals surface area contributed by atoms with Gasteiger partial charge < -0.3 is 16.0 Å². The van der Waals surface area contributed by atoms with E-state index >= 15 is 0 Å². The number of carbonyl (C=O) groups excluding carboxylic acids is 1. The summed E-state index contributed by atoms with van der Waals surface area (Å²) in [6.45, 7) is 6.13. The summed E-state index contributed by atoms with van der Waals surface area (Å²) in [4.78, 5) is 22.5. The summed E-state index contributed by atoms with van der Waals surface area (Å²) in [5.74, 6) is 0.729. The van der Waals surface area contributed by atoms with Crippen molar-refractivity contribution in [3.63, 3.8) is 0 Å². The number of aryl methyl sites for hydroxylation is 2. The molecule has 2 aromatic heterocycles. The lowest BCUT2D eigenvalue weighted by molar-refractivity contribution is 0.0957. The number of rotatable bonds is 7. The van der Waals surface area contributed by atoms with Crippen molar-refractivity contribution in [1.29, 1.82) is 0 Å². The molecular formula is C16H23N5OS2. The fourth-order valence-corrected chi connectivity index (χ4v) is 3.50. The first kappa shape index (κ1) is 18.4. The summed E-state index contributed by atoms with van der Waals surface area (Å²) in [6, 6.07) is 3.70. The minimum absolute atomic E-state index is 0.0120. The zero-order chi connectivity index (χ0) is 17.4. The number of hydrogen-bond acceptors (Lipinski definition) is 5. The van der Waals surface area contributed by atoms with Crippen molar-refractivity contribution in [2.24, 2.45) is 4.99 Å². The van der Waals surface area contributed by atoms with E-state index in [9.17, 15) is 4.79 Å². The maximum atomic E-state index is 11.8. The highest BCUT2D eigenvalue weighted by Crippen LogP contribution is 2.15. The molecule has 24 heavy (non-hydrogen) atoms. The number of thiophene rings is 1. The molecule has 2 heterocycles. The van der Waals surface area contributed by atoms with Crippen LogP contribution >= 0.6 is 22.7 Å². The Hall–Kier alpha value is -1.93. The molecule has 0 atom stereocenters. The zero-order valence-corrected chi connectivity index (χ0v) is 15.8. The number of amides is 1. The number of nitrogens with zero attached hydrogens (tertiary/aromatic N) is 2. The molecule has 0 fully saturated rings. The van der Waals surface area contributed by atoms with E-state index in [-0.39, 0.29) is 5.91 Å². The van der Waals surface area contributed by atoms with Crippen molar-refractivity contribution in [3.8, 4) is 0 Å². The van der Waals surface area contributed by atoms with Gasteiger partial charge in [-0.25, -0.2) is 4.98 Å². The van der Waals surface area contributed by atoms with Crippen molar-refractivity contribution in [2.75, 3.05) is 20.1 Å². The van der Waals surface area contributed by atoms with E-state index in [1.165, 1.54) is 16.2 Å². The van der Waals surface area contributed by atoms with Gasteiger partial charge in [-0.1, -0.05) is 6.07 Å². The molecule has 2 aromatic rings. The number of thiazole rings is 1. The van der Waals surface area contributed by atoms with Crippen LogP contribution in [0.15, 0.2) is 22.5 Å². The Morgan fingerprint density at radius 1 is 1.25 bits per heavy atom. The fraction of sp³-hybridized carbons (Fsp3) is 0.438. The minimum Gasteiger partial charge on any atom is -0.356 e. The van der Waals surface area contributed by atoms with Crippen LogP contribution in [0.3, 0.4) is 0 Å². The summed E-state index contributed by atoms with van der Waals surface area (Å²) in [5.41, 5.74) is 1.08. The maximum Gasteiger partial charge on any atom is 0.261 e. The third kappa shape index (κ3) is 5.61. The number of hydrogen-bond donors (Lipinski definition) is 3. The predicted molar refractivity (Wildman–Crippen MR) is 101 cm³/mol. The highest BCUT2D eigenvalue weighted by atomic mass is 32.1. The molecular weight excluding hydrogens is 342 g/mol. The van der Waals surface area contributed by atoms with Crippen LogP contribution in [0.5, 0.6) is 0 Å². The summed E-state index contributed by atoms with van der Waals surface area (Å²) < 4.78 is 0. The summed E-state index contributed by atoms with van der Waals surface area (Å²) in [6.07, 6.45) is 0.827. The first-order chi connectivity index (χ1) is 11.6. The molecule has 0 spiro atoms. The second-order valence-electron chi connectivity index (χ2n) is 5.19. The van der Waals surface area contributed by atoms with Gasteiger partial charge in [0.2, 0.25) is 0 Å². The lowest BCUT2D eigenvalue weighted by Crippen LogP contribution is -2.38. The number of nitrogens with one attached hydrogen (secondary N) is 3. The molecule has 2 rings (SSSR count). The molecule has 0 radical (unpaired) electrons. The monoisotopic (exact) mass is 365 g/mol. The van der Waals surface area contributed by atoms with Crippen molar-refractivity contribution >= 4 is 34.5 Å². The molecule has 3 N–H and O–H groups in total. The van der Waals surface area contributed by atoms with Crippen molar-refractivity contribution in [3.05, 3.63) is 38.0 Å². The molecule has 0 aliphatic rings. The molecule has 0 unspecified atom stereocenters. The molecule has 6 nitrogen and oxygen atoms in total. The Labute approximate surface area is 150 Å². The molecule has 0 aliphatic heterocycles. The summed E-state index contributed by atoms with van der Waals surface area (Å²) in [7, 11) is 1.74. The largest absolute Gasteiger partial charge is 0.356 e. The number of carbonyl (C=O) groups is 1. The molecule has 0 aromatic carbocycles. The van der Waals surface area contributed by atoms with Crippen LogP contribution in [0.25, 0.3) is 0 Å². The highest BCUT2D eigenvalue weighted by molar-refractivity contribution is 7.12. The Bertz CT molecular complexity index is 659. The van der Waals surface area contributed by atoms with Crippen molar-refractivity contribution < 1.29 is 4.79 Å². The smallest absolute Gasteiger partial charge is 0.261 e. The number of aromatic nitrogens is 1. The summed E-state index contributed by atoms with van der Waals surface area (Å²) >= 11 is 3.15. The van der Waals surface area contributed by atoms with Crippen LogP contribution in [-0.2, 0) is 6.54 Å². The lowest BCUT2D eigenvalue weighted by atomic mass is 10.4. The number of aliphatic imine (C=N–C) groups is 1. The minimum atomic E-state index is -0.0120. The second-order valence-corrected chi connectivity index (χ2v) is 7.42. The standard InChI is InChI=1S/C16H23N5OS2/c1-11-12(2)24-14(21-11)10-20-16(17-3)19-8-5-7-18-15(22)13-6-4-9-23-13/h4,6,9H,5,7-8,10H2,1-3H3,(H,18,22)(H2,17,19,20). The molecule has 8 heteroatoms. The van der Waals surface area contributed by atoms with Gasteiger partial charge in [-0.05, 0) is 31.7 Å². The predicted octanol–water partition coefficient (Wildman–Crippen LogP) is 2.31. The van der Waals surface area contributed by atoms with Gasteiger partial charge in [0.25, 0.3) is 5.91 Å². The van der Waals surface area contributed by atoms with Crippen molar-refractivity contribution in [1.82, 2.24) is 20.9 Å². The van der Waals surface area contributed by atoms with Crippen molar-refractivity contribution in [2.45, 2.75) is 26.8 Å². The van der Waals surface area contributed by atoms with Crippen LogP contribution in [0.4, 0.5) is 0 Å². The van der Waals surface area contributed by atoms with E-state index in [2.05, 4.69) is 32.9 Å². The van der Waals surface area contributed by atoms with Crippen LogP contribution in [0.1, 0.15) is 31.7 Å². The quantitative estimate of drug-likeness (QED) is 0.400. The highest BCUT2D eigenvalue weighted by Gasteiger charge is 2.06. The Balaban J connectivity index is 1.62. The van der Waals surface area contributed by atoms with Crippen LogP contribution in [0.2, 0.25) is 0 Å².